The minimum atomic E-state index is -1.62. The molecule has 0 saturated carbocycles. The molecule has 0 bridgehead atoms. The number of benzene rings is 1. The lowest BCUT2D eigenvalue weighted by Crippen LogP contribution is -2.37. The topological polar surface area (TPSA) is 9.23 Å². The van der Waals surface area contributed by atoms with E-state index >= 15 is 0 Å². The lowest BCUT2D eigenvalue weighted by atomic mass is 10.1. The molecule has 0 spiro atoms. The van der Waals surface area contributed by atoms with Crippen LogP contribution < -0.4 is 0 Å². The Morgan fingerprint density at radius 1 is 1.24 bits per heavy atom. The Kier molecular flexibility index (Phi) is 4.13. The highest BCUT2D eigenvalue weighted by atomic mass is 28.4. The average Bonchev–Trinajstić information content (AvgIpc) is 2.11. The molecule has 0 heterocycles. The van der Waals surface area contributed by atoms with E-state index in [0.29, 0.717) is 5.56 Å². The Bertz CT molecular complexity index is 449. The van der Waals surface area contributed by atoms with Gasteiger partial charge in [-0.25, -0.2) is 4.39 Å². The summed E-state index contributed by atoms with van der Waals surface area (Å²) in [7, 11) is -1.62. The quantitative estimate of drug-likeness (QED) is 0.573. The first-order valence-electron chi connectivity index (χ1n) is 5.67. The highest BCUT2D eigenvalue weighted by Crippen LogP contribution is 2.16. The maximum absolute atomic E-state index is 13.0. The third kappa shape index (κ3) is 5.67. The first kappa shape index (κ1) is 13.9. The van der Waals surface area contributed by atoms with E-state index in [2.05, 4.69) is 31.5 Å². The van der Waals surface area contributed by atoms with E-state index in [9.17, 15) is 4.39 Å². The monoisotopic (exact) mass is 250 g/mol. The fourth-order valence-corrected chi connectivity index (χ4v) is 3.16. The van der Waals surface area contributed by atoms with E-state index in [-0.39, 0.29) is 5.82 Å². The van der Waals surface area contributed by atoms with E-state index in [4.69, 9.17) is 4.43 Å². The van der Waals surface area contributed by atoms with Crippen LogP contribution >= 0.6 is 0 Å². The smallest absolute Gasteiger partial charge is 0.185 e. The van der Waals surface area contributed by atoms with Gasteiger partial charge < -0.3 is 4.43 Å². The van der Waals surface area contributed by atoms with Gasteiger partial charge in [0.1, 0.15) is 11.4 Å². The maximum Gasteiger partial charge on any atom is 0.185 e. The van der Waals surface area contributed by atoms with Crippen molar-refractivity contribution in [2.45, 2.75) is 39.1 Å². The van der Waals surface area contributed by atoms with Crippen LogP contribution in [0.3, 0.4) is 0 Å². The average molecular weight is 250 g/mol. The van der Waals surface area contributed by atoms with Crippen LogP contribution in [0.2, 0.25) is 19.6 Å². The predicted octanol–water partition coefficient (Wildman–Crippen LogP) is 3.81. The van der Waals surface area contributed by atoms with Gasteiger partial charge in [-0.15, -0.1) is 0 Å². The van der Waals surface area contributed by atoms with Gasteiger partial charge in [-0.05, 0) is 51.7 Å². The zero-order valence-electron chi connectivity index (χ0n) is 11.1. The molecule has 0 atom stereocenters. The molecule has 0 aromatic heterocycles. The van der Waals surface area contributed by atoms with Crippen LogP contribution in [0.25, 0.3) is 0 Å². The first-order chi connectivity index (χ1) is 7.68. The lowest BCUT2D eigenvalue weighted by Gasteiger charge is -2.28. The summed E-state index contributed by atoms with van der Waals surface area (Å²) in [5.74, 6) is 5.75. The van der Waals surface area contributed by atoms with Crippen molar-refractivity contribution in [3.05, 3.63) is 35.6 Å². The largest absolute Gasteiger partial charge is 0.402 e. The molecule has 1 rings (SSSR count). The lowest BCUT2D eigenvalue weighted by molar-refractivity contribution is 0.164. The summed E-state index contributed by atoms with van der Waals surface area (Å²) in [5.41, 5.74) is 0.189. The van der Waals surface area contributed by atoms with Crippen LogP contribution in [0.1, 0.15) is 19.4 Å². The zero-order valence-corrected chi connectivity index (χ0v) is 12.1. The van der Waals surface area contributed by atoms with Crippen molar-refractivity contribution in [2.75, 3.05) is 0 Å². The number of hydrogen-bond acceptors (Lipinski definition) is 1. The highest BCUT2D eigenvalue weighted by Gasteiger charge is 2.25. The molecule has 0 fully saturated rings. The minimum absolute atomic E-state index is 0.263. The summed E-state index contributed by atoms with van der Waals surface area (Å²) in [4.78, 5) is 0. The van der Waals surface area contributed by atoms with Gasteiger partial charge in [0, 0.05) is 5.56 Å². The van der Waals surface area contributed by atoms with Crippen molar-refractivity contribution in [1.29, 1.82) is 0 Å². The van der Waals surface area contributed by atoms with Crippen molar-refractivity contribution >= 4 is 8.32 Å². The Hall–Kier alpha value is -1.11. The van der Waals surface area contributed by atoms with E-state index in [1.165, 1.54) is 12.1 Å². The van der Waals surface area contributed by atoms with Crippen LogP contribution in [-0.2, 0) is 4.43 Å². The van der Waals surface area contributed by atoms with Crippen molar-refractivity contribution in [1.82, 2.24) is 0 Å². The number of hydrogen-bond donors (Lipinski definition) is 0. The van der Waals surface area contributed by atoms with Gasteiger partial charge in [-0.3, -0.25) is 0 Å². The molecule has 3 heteroatoms. The van der Waals surface area contributed by atoms with Crippen LogP contribution in [0.15, 0.2) is 24.3 Å². The van der Waals surface area contributed by atoms with Crippen LogP contribution in [0.5, 0.6) is 0 Å². The molecule has 92 valence electrons. The van der Waals surface area contributed by atoms with Crippen LogP contribution in [0.4, 0.5) is 4.39 Å². The Labute approximate surface area is 104 Å². The fourth-order valence-electron chi connectivity index (χ4n) is 1.58. The van der Waals surface area contributed by atoms with Gasteiger partial charge in [0.25, 0.3) is 0 Å². The van der Waals surface area contributed by atoms with E-state index in [1.807, 2.05) is 13.8 Å². The summed E-state index contributed by atoms with van der Waals surface area (Å²) < 4.78 is 18.9. The third-order valence-electron chi connectivity index (χ3n) is 1.89. The first-order valence-corrected chi connectivity index (χ1v) is 9.08. The molecule has 0 unspecified atom stereocenters. The van der Waals surface area contributed by atoms with Crippen LogP contribution in [-0.4, -0.2) is 13.9 Å². The van der Waals surface area contributed by atoms with Crippen LogP contribution in [0, 0.1) is 17.7 Å². The molecular weight excluding hydrogens is 231 g/mol. The summed E-state index contributed by atoms with van der Waals surface area (Å²) >= 11 is 0. The van der Waals surface area contributed by atoms with Crippen molar-refractivity contribution in [3.63, 3.8) is 0 Å². The van der Waals surface area contributed by atoms with Crippen molar-refractivity contribution in [3.8, 4) is 11.8 Å². The molecule has 1 nitrogen and oxygen atoms in total. The summed E-state index contributed by atoms with van der Waals surface area (Å²) in [5, 5.41) is 0. The van der Waals surface area contributed by atoms with Gasteiger partial charge in [0.2, 0.25) is 0 Å². The third-order valence-corrected chi connectivity index (χ3v) is 3.02. The molecule has 0 N–H and O–H groups in total. The predicted molar refractivity (Wildman–Crippen MR) is 71.8 cm³/mol. The molecule has 0 aliphatic rings. The van der Waals surface area contributed by atoms with Gasteiger partial charge in [-0.1, -0.05) is 17.9 Å². The van der Waals surface area contributed by atoms with Crippen molar-refractivity contribution in [2.24, 2.45) is 0 Å². The van der Waals surface area contributed by atoms with Gasteiger partial charge in [-0.2, -0.15) is 0 Å². The number of rotatable bonds is 2. The van der Waals surface area contributed by atoms with E-state index in [0.717, 1.165) is 0 Å². The Morgan fingerprint density at radius 3 is 2.41 bits per heavy atom. The zero-order chi connectivity index (χ0) is 13.1. The summed E-state index contributed by atoms with van der Waals surface area (Å²) in [6.45, 7) is 10.3. The fraction of sp³-hybridized carbons (Fsp3) is 0.429. The summed E-state index contributed by atoms with van der Waals surface area (Å²) in [6.07, 6.45) is 0. The molecule has 1 aromatic carbocycles. The molecule has 0 aliphatic heterocycles. The van der Waals surface area contributed by atoms with Gasteiger partial charge in [0.15, 0.2) is 8.32 Å². The normalized spacial score (nSPS) is 11.9. The molecule has 0 saturated heterocycles. The molecule has 17 heavy (non-hydrogen) atoms. The van der Waals surface area contributed by atoms with Gasteiger partial charge in [0.05, 0.1) is 0 Å². The maximum atomic E-state index is 13.0. The standard InChI is InChI=1S/C14H19FOSi/c1-14(2,16-17(3,4)5)10-9-12-7-6-8-13(15)11-12/h6-8,11H,1-5H3. The summed E-state index contributed by atoms with van der Waals surface area (Å²) in [6, 6.07) is 6.29. The highest BCUT2D eigenvalue weighted by molar-refractivity contribution is 6.69. The Balaban J connectivity index is 2.84. The Morgan fingerprint density at radius 2 is 1.88 bits per heavy atom. The minimum Gasteiger partial charge on any atom is -0.402 e. The van der Waals surface area contributed by atoms with Crippen molar-refractivity contribution < 1.29 is 8.82 Å². The molecule has 0 amide bonds. The van der Waals surface area contributed by atoms with E-state index in [1.54, 1.807) is 12.1 Å². The molecule has 1 aromatic rings. The van der Waals surface area contributed by atoms with Gasteiger partial charge >= 0.3 is 0 Å². The SMILES string of the molecule is CC(C)(C#Cc1cccc(F)c1)O[Si](C)(C)C. The molecular formula is C14H19FOSi. The molecule has 0 radical (unpaired) electrons. The second-order valence-corrected chi connectivity index (χ2v) is 9.91. The second kappa shape index (κ2) is 5.03. The second-order valence-electron chi connectivity index (χ2n) is 5.49. The number of halogens is 1. The van der Waals surface area contributed by atoms with E-state index < -0.39 is 13.9 Å². The molecule has 0 aliphatic carbocycles.